The van der Waals surface area contributed by atoms with Crippen molar-refractivity contribution in [1.82, 2.24) is 0 Å². The summed E-state index contributed by atoms with van der Waals surface area (Å²) in [5.74, 6) is -1.75. The Bertz CT molecular complexity index is 506. The molecule has 2 nitrogen and oxygen atoms in total. The molecule has 0 bridgehead atoms. The number of benzene rings is 2. The molecule has 5 heteroatoms. The molecule has 0 saturated heterocycles. The zero-order valence-corrected chi connectivity index (χ0v) is 8.68. The van der Waals surface area contributed by atoms with E-state index in [1.165, 1.54) is 12.1 Å². The van der Waals surface area contributed by atoms with Gasteiger partial charge in [0.1, 0.15) is 17.5 Å². The maximum Gasteiger partial charge on any atom is 0.146 e. The van der Waals surface area contributed by atoms with E-state index in [4.69, 9.17) is 5.73 Å². The molecular formula is C12H9F3N2. The summed E-state index contributed by atoms with van der Waals surface area (Å²) >= 11 is 0. The van der Waals surface area contributed by atoms with E-state index in [1.807, 2.05) is 0 Å². The monoisotopic (exact) mass is 238 g/mol. The maximum absolute atomic E-state index is 13.3. The van der Waals surface area contributed by atoms with Gasteiger partial charge < -0.3 is 11.1 Å². The van der Waals surface area contributed by atoms with Gasteiger partial charge in [0.25, 0.3) is 0 Å². The second kappa shape index (κ2) is 4.37. The Morgan fingerprint density at radius 3 is 2.12 bits per heavy atom. The summed E-state index contributed by atoms with van der Waals surface area (Å²) < 4.78 is 39.2. The van der Waals surface area contributed by atoms with Crippen molar-refractivity contribution in [2.75, 3.05) is 11.1 Å². The zero-order chi connectivity index (χ0) is 12.4. The molecule has 0 spiro atoms. The van der Waals surface area contributed by atoms with Gasteiger partial charge in [0.2, 0.25) is 0 Å². The van der Waals surface area contributed by atoms with Crippen molar-refractivity contribution in [2.24, 2.45) is 0 Å². The molecule has 17 heavy (non-hydrogen) atoms. The second-order valence-electron chi connectivity index (χ2n) is 3.48. The summed E-state index contributed by atoms with van der Waals surface area (Å²) in [5.41, 5.74) is 5.92. The van der Waals surface area contributed by atoms with Gasteiger partial charge in [-0.2, -0.15) is 0 Å². The van der Waals surface area contributed by atoms with Crippen molar-refractivity contribution in [2.45, 2.75) is 0 Å². The minimum atomic E-state index is -0.643. The van der Waals surface area contributed by atoms with E-state index in [0.717, 1.165) is 24.3 Å². The van der Waals surface area contributed by atoms with Crippen LogP contribution in [0.25, 0.3) is 0 Å². The molecule has 3 N–H and O–H groups in total. The molecule has 0 atom stereocenters. The zero-order valence-electron chi connectivity index (χ0n) is 8.68. The quantitative estimate of drug-likeness (QED) is 0.786. The first-order chi connectivity index (χ1) is 8.06. The molecule has 2 rings (SSSR count). The van der Waals surface area contributed by atoms with Crippen LogP contribution in [0, 0.1) is 17.5 Å². The van der Waals surface area contributed by atoms with Crippen molar-refractivity contribution in [3.8, 4) is 0 Å². The summed E-state index contributed by atoms with van der Waals surface area (Å²) in [4.78, 5) is 0. The molecule has 0 unspecified atom stereocenters. The van der Waals surface area contributed by atoms with Crippen LogP contribution >= 0.6 is 0 Å². The molecule has 0 heterocycles. The topological polar surface area (TPSA) is 38.0 Å². The molecule has 88 valence electrons. The highest BCUT2D eigenvalue weighted by atomic mass is 19.1. The second-order valence-corrected chi connectivity index (χ2v) is 3.48. The highest BCUT2D eigenvalue weighted by molar-refractivity contribution is 5.72. The maximum atomic E-state index is 13.3. The average molecular weight is 238 g/mol. The van der Waals surface area contributed by atoms with Gasteiger partial charge in [0.15, 0.2) is 0 Å². The lowest BCUT2D eigenvalue weighted by Gasteiger charge is -2.10. The predicted molar refractivity (Wildman–Crippen MR) is 60.5 cm³/mol. The third kappa shape index (κ3) is 2.50. The van der Waals surface area contributed by atoms with Gasteiger partial charge in [-0.1, -0.05) is 0 Å². The predicted octanol–water partition coefficient (Wildman–Crippen LogP) is 3.43. The normalized spacial score (nSPS) is 10.3. The Labute approximate surface area is 95.9 Å². The van der Waals surface area contributed by atoms with Crippen LogP contribution in [0.3, 0.4) is 0 Å². The van der Waals surface area contributed by atoms with Crippen LogP contribution < -0.4 is 11.1 Å². The lowest BCUT2D eigenvalue weighted by atomic mass is 10.2. The highest BCUT2D eigenvalue weighted by Crippen LogP contribution is 2.26. The Morgan fingerprint density at radius 1 is 0.824 bits per heavy atom. The Kier molecular flexibility index (Phi) is 2.91. The van der Waals surface area contributed by atoms with Gasteiger partial charge in [-0.3, -0.25) is 0 Å². The van der Waals surface area contributed by atoms with Crippen LogP contribution in [0.4, 0.5) is 30.2 Å². The lowest BCUT2D eigenvalue weighted by molar-refractivity contribution is 0.603. The van der Waals surface area contributed by atoms with Crippen molar-refractivity contribution >= 4 is 17.1 Å². The summed E-state index contributed by atoms with van der Waals surface area (Å²) in [7, 11) is 0. The van der Waals surface area contributed by atoms with Crippen molar-refractivity contribution in [3.63, 3.8) is 0 Å². The van der Waals surface area contributed by atoms with E-state index in [1.54, 1.807) is 0 Å². The first kappa shape index (κ1) is 11.3. The number of anilines is 3. The molecule has 0 aliphatic heterocycles. The summed E-state index contributed by atoms with van der Waals surface area (Å²) in [5, 5.41) is 2.54. The van der Waals surface area contributed by atoms with Crippen molar-refractivity contribution in [1.29, 1.82) is 0 Å². The molecule has 0 fully saturated rings. The SMILES string of the molecule is Nc1ccc(F)cc1Nc1cc(F)ccc1F. The number of hydrogen-bond acceptors (Lipinski definition) is 2. The summed E-state index contributed by atoms with van der Waals surface area (Å²) in [6.07, 6.45) is 0. The summed E-state index contributed by atoms with van der Waals surface area (Å²) in [6, 6.07) is 6.58. The van der Waals surface area contributed by atoms with Crippen LogP contribution in [0.2, 0.25) is 0 Å². The highest BCUT2D eigenvalue weighted by Gasteiger charge is 2.07. The first-order valence-electron chi connectivity index (χ1n) is 4.83. The van der Waals surface area contributed by atoms with Gasteiger partial charge >= 0.3 is 0 Å². The molecule has 0 radical (unpaired) electrons. The van der Waals surface area contributed by atoms with E-state index in [-0.39, 0.29) is 17.1 Å². The van der Waals surface area contributed by atoms with E-state index >= 15 is 0 Å². The van der Waals surface area contributed by atoms with Gasteiger partial charge in [-0.25, -0.2) is 13.2 Å². The van der Waals surface area contributed by atoms with Crippen LogP contribution in [0.5, 0.6) is 0 Å². The van der Waals surface area contributed by atoms with Crippen LogP contribution in [0.15, 0.2) is 36.4 Å². The number of halogens is 3. The number of hydrogen-bond donors (Lipinski definition) is 2. The van der Waals surface area contributed by atoms with E-state index in [2.05, 4.69) is 5.32 Å². The van der Waals surface area contributed by atoms with E-state index < -0.39 is 17.5 Å². The number of nitrogens with one attached hydrogen (secondary N) is 1. The van der Waals surface area contributed by atoms with E-state index in [0.29, 0.717) is 0 Å². The Balaban J connectivity index is 2.37. The van der Waals surface area contributed by atoms with Crippen LogP contribution in [-0.4, -0.2) is 0 Å². The largest absolute Gasteiger partial charge is 0.397 e. The van der Waals surface area contributed by atoms with Gasteiger partial charge in [0, 0.05) is 6.07 Å². The Morgan fingerprint density at radius 2 is 1.41 bits per heavy atom. The third-order valence-corrected chi connectivity index (χ3v) is 2.21. The molecule has 2 aromatic rings. The Hall–Kier alpha value is -2.17. The lowest BCUT2D eigenvalue weighted by Crippen LogP contribution is -1.99. The molecule has 0 aliphatic rings. The third-order valence-electron chi connectivity index (χ3n) is 2.21. The van der Waals surface area contributed by atoms with Gasteiger partial charge in [0.05, 0.1) is 17.1 Å². The average Bonchev–Trinajstić information content (AvgIpc) is 2.28. The number of rotatable bonds is 2. The minimum Gasteiger partial charge on any atom is -0.397 e. The molecule has 0 amide bonds. The van der Waals surface area contributed by atoms with Gasteiger partial charge in [-0.05, 0) is 30.3 Å². The first-order valence-corrected chi connectivity index (χ1v) is 4.83. The van der Waals surface area contributed by atoms with Crippen LogP contribution in [-0.2, 0) is 0 Å². The molecule has 2 aromatic carbocycles. The van der Waals surface area contributed by atoms with E-state index in [9.17, 15) is 13.2 Å². The molecular weight excluding hydrogens is 229 g/mol. The summed E-state index contributed by atoms with van der Waals surface area (Å²) in [6.45, 7) is 0. The standard InChI is InChI=1S/C12H9F3N2/c13-7-1-3-9(15)11(5-7)17-12-6-8(14)2-4-10(12)16/h1-6,17H,16H2. The number of nitrogen functional groups attached to an aromatic ring is 1. The fourth-order valence-corrected chi connectivity index (χ4v) is 1.38. The van der Waals surface area contributed by atoms with Crippen LogP contribution in [0.1, 0.15) is 0 Å². The van der Waals surface area contributed by atoms with Gasteiger partial charge in [-0.15, -0.1) is 0 Å². The molecule has 0 aliphatic carbocycles. The fourth-order valence-electron chi connectivity index (χ4n) is 1.38. The molecule has 0 aromatic heterocycles. The van der Waals surface area contributed by atoms with Crippen molar-refractivity contribution in [3.05, 3.63) is 53.8 Å². The molecule has 0 saturated carbocycles. The minimum absolute atomic E-state index is 0.0951. The fraction of sp³-hybridized carbons (Fsp3) is 0. The number of nitrogens with two attached hydrogens (primary N) is 1. The van der Waals surface area contributed by atoms with Crippen molar-refractivity contribution < 1.29 is 13.2 Å². The smallest absolute Gasteiger partial charge is 0.146 e.